The van der Waals surface area contributed by atoms with Gasteiger partial charge in [-0.1, -0.05) is 48.0 Å². The van der Waals surface area contributed by atoms with Crippen molar-refractivity contribution in [2.75, 3.05) is 20.2 Å². The van der Waals surface area contributed by atoms with Crippen LogP contribution in [-0.2, 0) is 19.7 Å². The highest BCUT2D eigenvalue weighted by molar-refractivity contribution is 6.30. The number of rotatable bonds is 6. The van der Waals surface area contributed by atoms with Gasteiger partial charge in [0.05, 0.1) is 12.5 Å². The number of benzene rings is 2. The molecule has 2 aromatic carbocycles. The molecule has 1 unspecified atom stereocenters. The first-order chi connectivity index (χ1) is 14.9. The van der Waals surface area contributed by atoms with E-state index in [9.17, 15) is 14.8 Å². The number of methoxy groups -OCH3 is 1. The van der Waals surface area contributed by atoms with Gasteiger partial charge in [-0.2, -0.15) is 0 Å². The maximum absolute atomic E-state index is 12.6. The minimum atomic E-state index is -0.780. The minimum absolute atomic E-state index is 0.166. The summed E-state index contributed by atoms with van der Waals surface area (Å²) in [5.74, 6) is -0.772. The van der Waals surface area contributed by atoms with Crippen molar-refractivity contribution in [3.63, 3.8) is 0 Å². The number of nitrogens with zero attached hydrogens (tertiary/aromatic N) is 1. The number of carbonyl (C=O) groups excluding carboxylic acids is 2. The Morgan fingerprint density at radius 3 is 2.29 bits per heavy atom. The first-order valence-electron chi connectivity index (χ1n) is 10.2. The zero-order valence-corrected chi connectivity index (χ0v) is 18.4. The molecule has 6 nitrogen and oxygen atoms in total. The molecule has 1 aliphatic heterocycles. The summed E-state index contributed by atoms with van der Waals surface area (Å²) in [6.45, 7) is 3.56. The largest absolute Gasteiger partial charge is 0.466 e. The molecule has 31 heavy (non-hydrogen) atoms. The van der Waals surface area contributed by atoms with Crippen LogP contribution >= 0.6 is 11.6 Å². The summed E-state index contributed by atoms with van der Waals surface area (Å²) in [5, 5.41) is 9.98. The Balaban J connectivity index is 1.71. The Morgan fingerprint density at radius 2 is 1.74 bits per heavy atom. The van der Waals surface area contributed by atoms with Crippen LogP contribution in [0.2, 0.25) is 5.02 Å². The fraction of sp³-hybridized carbons (Fsp3) is 0.333. The van der Waals surface area contributed by atoms with E-state index in [4.69, 9.17) is 11.6 Å². The number of carbonyl (C=O) groups is 2. The van der Waals surface area contributed by atoms with Gasteiger partial charge in [-0.25, -0.2) is 10.3 Å². The second-order valence-corrected chi connectivity index (χ2v) is 8.20. The molecule has 7 heteroatoms. The van der Waals surface area contributed by atoms with Crippen molar-refractivity contribution in [3.8, 4) is 0 Å². The number of hydroxylamine groups is 1. The molecule has 0 aliphatic carbocycles. The van der Waals surface area contributed by atoms with Crippen molar-refractivity contribution in [2.45, 2.75) is 31.2 Å². The van der Waals surface area contributed by atoms with Gasteiger partial charge in [0, 0.05) is 30.2 Å². The predicted molar refractivity (Wildman–Crippen MR) is 120 cm³/mol. The van der Waals surface area contributed by atoms with E-state index in [-0.39, 0.29) is 17.9 Å². The third-order valence-electron chi connectivity index (χ3n) is 6.16. The van der Waals surface area contributed by atoms with Gasteiger partial charge in [-0.3, -0.25) is 14.9 Å². The molecule has 3 rings (SSSR count). The summed E-state index contributed by atoms with van der Waals surface area (Å²) >= 11 is 6.01. The number of hydrogen-bond acceptors (Lipinski definition) is 5. The van der Waals surface area contributed by atoms with Gasteiger partial charge in [-0.05, 0) is 54.7 Å². The first kappa shape index (κ1) is 23.0. The minimum Gasteiger partial charge on any atom is -0.466 e. The highest BCUT2D eigenvalue weighted by atomic mass is 35.5. The second-order valence-electron chi connectivity index (χ2n) is 7.77. The third kappa shape index (κ3) is 5.15. The van der Waals surface area contributed by atoms with E-state index < -0.39 is 5.41 Å². The molecule has 0 saturated carbocycles. The first-order valence-corrected chi connectivity index (χ1v) is 10.6. The van der Waals surface area contributed by atoms with Crippen LogP contribution in [0.25, 0.3) is 6.08 Å². The van der Waals surface area contributed by atoms with Gasteiger partial charge in [0.15, 0.2) is 0 Å². The molecule has 1 saturated heterocycles. The SMILES string of the molecule is COC(=O)/C=C/c1ccc(C(C)N2CCC(C(=O)NO)(c3ccc(Cl)cc3)CC2)cc1. The van der Waals surface area contributed by atoms with Crippen LogP contribution in [0.3, 0.4) is 0 Å². The average Bonchev–Trinajstić information content (AvgIpc) is 2.82. The van der Waals surface area contributed by atoms with Crippen molar-refractivity contribution < 1.29 is 19.5 Å². The maximum atomic E-state index is 12.6. The maximum Gasteiger partial charge on any atom is 0.330 e. The van der Waals surface area contributed by atoms with E-state index in [1.54, 1.807) is 18.2 Å². The number of piperidine rings is 1. The van der Waals surface area contributed by atoms with Gasteiger partial charge >= 0.3 is 5.97 Å². The summed E-state index contributed by atoms with van der Waals surface area (Å²) in [5.41, 5.74) is 4.02. The molecule has 0 radical (unpaired) electrons. The summed E-state index contributed by atoms with van der Waals surface area (Å²) < 4.78 is 4.61. The van der Waals surface area contributed by atoms with Gasteiger partial charge < -0.3 is 4.74 Å². The molecule has 0 bridgehead atoms. The number of ether oxygens (including phenoxy) is 1. The molecule has 1 fully saturated rings. The Kier molecular flexibility index (Phi) is 7.49. The molecule has 2 N–H and O–H groups in total. The fourth-order valence-electron chi connectivity index (χ4n) is 4.14. The lowest BCUT2D eigenvalue weighted by Gasteiger charge is -2.42. The normalized spacial score (nSPS) is 17.3. The lowest BCUT2D eigenvalue weighted by Crippen LogP contribution is -2.51. The van der Waals surface area contributed by atoms with Gasteiger partial charge in [-0.15, -0.1) is 0 Å². The van der Waals surface area contributed by atoms with E-state index in [1.165, 1.54) is 13.2 Å². The third-order valence-corrected chi connectivity index (χ3v) is 6.42. The highest BCUT2D eigenvalue weighted by Gasteiger charge is 2.43. The summed E-state index contributed by atoms with van der Waals surface area (Å²) in [6, 6.07) is 15.4. The number of nitrogens with one attached hydrogen (secondary N) is 1. The van der Waals surface area contributed by atoms with Crippen LogP contribution in [0.1, 0.15) is 42.5 Å². The molecule has 1 heterocycles. The number of likely N-dealkylation sites (tertiary alicyclic amines) is 1. The average molecular weight is 443 g/mol. The number of amides is 1. The zero-order valence-electron chi connectivity index (χ0n) is 17.7. The Morgan fingerprint density at radius 1 is 1.13 bits per heavy atom. The van der Waals surface area contributed by atoms with E-state index >= 15 is 0 Å². The van der Waals surface area contributed by atoms with E-state index in [0.717, 1.165) is 16.7 Å². The number of esters is 1. The Bertz CT molecular complexity index is 933. The van der Waals surface area contributed by atoms with E-state index in [1.807, 2.05) is 41.9 Å². The van der Waals surface area contributed by atoms with Crippen LogP contribution in [0.15, 0.2) is 54.6 Å². The lowest BCUT2D eigenvalue weighted by molar-refractivity contribution is -0.137. The Labute approximate surface area is 187 Å². The molecule has 2 aromatic rings. The van der Waals surface area contributed by atoms with E-state index in [0.29, 0.717) is 31.0 Å². The van der Waals surface area contributed by atoms with Crippen LogP contribution in [0, 0.1) is 0 Å². The van der Waals surface area contributed by atoms with Crippen LogP contribution in [-0.4, -0.2) is 42.2 Å². The van der Waals surface area contributed by atoms with Crippen LogP contribution < -0.4 is 5.48 Å². The summed E-state index contributed by atoms with van der Waals surface area (Å²) in [6.07, 6.45) is 4.29. The van der Waals surface area contributed by atoms with Crippen molar-refractivity contribution in [1.82, 2.24) is 10.4 Å². The molecular weight excluding hydrogens is 416 g/mol. The smallest absolute Gasteiger partial charge is 0.330 e. The van der Waals surface area contributed by atoms with E-state index in [2.05, 4.69) is 16.6 Å². The van der Waals surface area contributed by atoms with Crippen molar-refractivity contribution in [1.29, 1.82) is 0 Å². The monoisotopic (exact) mass is 442 g/mol. The number of halogens is 1. The van der Waals surface area contributed by atoms with Gasteiger partial charge in [0.1, 0.15) is 0 Å². The second kappa shape index (κ2) is 10.1. The molecule has 1 atom stereocenters. The molecular formula is C24H27ClN2O4. The quantitative estimate of drug-likeness (QED) is 0.304. The highest BCUT2D eigenvalue weighted by Crippen LogP contribution is 2.38. The zero-order chi connectivity index (χ0) is 22.4. The number of hydrogen-bond donors (Lipinski definition) is 2. The van der Waals surface area contributed by atoms with Crippen molar-refractivity contribution >= 4 is 29.6 Å². The molecule has 1 amide bonds. The van der Waals surface area contributed by atoms with Crippen molar-refractivity contribution in [2.24, 2.45) is 0 Å². The summed E-state index contributed by atoms with van der Waals surface area (Å²) in [4.78, 5) is 26.2. The predicted octanol–water partition coefficient (Wildman–Crippen LogP) is 4.13. The topological polar surface area (TPSA) is 78.9 Å². The molecule has 1 aliphatic rings. The molecule has 0 aromatic heterocycles. The van der Waals surface area contributed by atoms with Crippen LogP contribution in [0.5, 0.6) is 0 Å². The standard InChI is InChI=1S/C24H27ClN2O4/c1-17(19-6-3-18(4-7-19)5-12-22(28)31-2)27-15-13-24(14-16-27,23(29)26-30)20-8-10-21(25)11-9-20/h3-12,17,30H,13-16H2,1-2H3,(H,26,29)/b12-5+. The van der Waals surface area contributed by atoms with Crippen molar-refractivity contribution in [3.05, 3.63) is 76.3 Å². The Hall–Kier alpha value is -2.67. The lowest BCUT2D eigenvalue weighted by atomic mass is 9.72. The summed E-state index contributed by atoms with van der Waals surface area (Å²) in [7, 11) is 1.35. The van der Waals surface area contributed by atoms with Gasteiger partial charge in [0.2, 0.25) is 0 Å². The van der Waals surface area contributed by atoms with Gasteiger partial charge in [0.25, 0.3) is 5.91 Å². The molecule has 0 spiro atoms. The fourth-order valence-corrected chi connectivity index (χ4v) is 4.27. The molecule has 164 valence electrons. The van der Waals surface area contributed by atoms with Crippen LogP contribution in [0.4, 0.5) is 0 Å².